The zero-order valence-corrected chi connectivity index (χ0v) is 6.06. The van der Waals surface area contributed by atoms with Gasteiger partial charge in [-0.2, -0.15) is 0 Å². The van der Waals surface area contributed by atoms with Crippen LogP contribution in [0.5, 0.6) is 0 Å². The molecule has 1 aromatic heterocycles. The molecule has 2 nitrogen and oxygen atoms in total. The molecule has 1 heterocycles. The van der Waals surface area contributed by atoms with Gasteiger partial charge in [0.05, 0.1) is 17.4 Å². The van der Waals surface area contributed by atoms with Gasteiger partial charge in [-0.25, -0.2) is 9.37 Å². The highest BCUT2D eigenvalue weighted by Gasteiger charge is 2.03. The molecule has 0 radical (unpaired) electrons. The summed E-state index contributed by atoms with van der Waals surface area (Å²) in [6, 6.07) is 3.13. The summed E-state index contributed by atoms with van der Waals surface area (Å²) in [5.41, 5.74) is 2.19. The molecule has 0 aliphatic carbocycles. The van der Waals surface area contributed by atoms with Gasteiger partial charge >= 0.3 is 0 Å². The first-order valence-electron chi connectivity index (χ1n) is 3.37. The Labute approximate surface area is 63.1 Å². The van der Waals surface area contributed by atoms with Gasteiger partial charge in [-0.15, -0.1) is 0 Å². The second kappa shape index (κ2) is 2.05. The number of hydrogen-bond donors (Lipinski definition) is 1. The molecule has 56 valence electrons. The van der Waals surface area contributed by atoms with E-state index in [1.165, 1.54) is 6.07 Å². The van der Waals surface area contributed by atoms with Crippen LogP contribution in [0.25, 0.3) is 11.0 Å². The summed E-state index contributed by atoms with van der Waals surface area (Å²) in [7, 11) is 0. The second-order valence-corrected chi connectivity index (χ2v) is 2.47. The summed E-state index contributed by atoms with van der Waals surface area (Å²) in [5.74, 6) is -0.204. The molecule has 0 atom stereocenters. The summed E-state index contributed by atoms with van der Waals surface area (Å²) in [5, 5.41) is 0. The summed E-state index contributed by atoms with van der Waals surface area (Å²) in [6.45, 7) is 1.72. The fourth-order valence-electron chi connectivity index (χ4n) is 1.12. The number of aromatic amines is 1. The molecule has 0 fully saturated rings. The van der Waals surface area contributed by atoms with Gasteiger partial charge in [0.2, 0.25) is 0 Å². The largest absolute Gasteiger partial charge is 0.345 e. The van der Waals surface area contributed by atoms with Crippen LogP contribution in [0.3, 0.4) is 0 Å². The van der Waals surface area contributed by atoms with E-state index >= 15 is 0 Å². The SMILES string of the molecule is Cc1c(F)ccc2[nH]cnc12. The minimum atomic E-state index is -0.204. The van der Waals surface area contributed by atoms with E-state index < -0.39 is 0 Å². The van der Waals surface area contributed by atoms with Crippen LogP contribution in [0.4, 0.5) is 4.39 Å². The third kappa shape index (κ3) is 0.808. The minimum Gasteiger partial charge on any atom is -0.345 e. The highest BCUT2D eigenvalue weighted by Crippen LogP contribution is 2.16. The maximum Gasteiger partial charge on any atom is 0.128 e. The van der Waals surface area contributed by atoms with Crippen molar-refractivity contribution in [3.05, 3.63) is 29.8 Å². The molecule has 2 aromatic rings. The fraction of sp³-hybridized carbons (Fsp3) is 0.125. The zero-order valence-electron chi connectivity index (χ0n) is 6.06. The Morgan fingerprint density at radius 3 is 3.09 bits per heavy atom. The van der Waals surface area contributed by atoms with Crippen molar-refractivity contribution in [2.75, 3.05) is 0 Å². The number of aryl methyl sites for hydroxylation is 1. The zero-order chi connectivity index (χ0) is 7.84. The first kappa shape index (κ1) is 6.34. The highest BCUT2D eigenvalue weighted by molar-refractivity contribution is 5.77. The normalized spacial score (nSPS) is 10.7. The molecule has 11 heavy (non-hydrogen) atoms. The number of imidazole rings is 1. The maximum atomic E-state index is 12.9. The lowest BCUT2D eigenvalue weighted by Gasteiger charge is -1.94. The average Bonchev–Trinajstić information content (AvgIpc) is 2.45. The molecule has 2 rings (SSSR count). The van der Waals surface area contributed by atoms with E-state index in [1.807, 2.05) is 0 Å². The topological polar surface area (TPSA) is 28.7 Å². The van der Waals surface area contributed by atoms with E-state index in [-0.39, 0.29) is 5.82 Å². The van der Waals surface area contributed by atoms with Crippen LogP contribution in [0.15, 0.2) is 18.5 Å². The minimum absolute atomic E-state index is 0.204. The number of nitrogens with one attached hydrogen (secondary N) is 1. The summed E-state index contributed by atoms with van der Waals surface area (Å²) < 4.78 is 12.9. The van der Waals surface area contributed by atoms with Gasteiger partial charge in [-0.05, 0) is 19.1 Å². The first-order valence-corrected chi connectivity index (χ1v) is 3.37. The van der Waals surface area contributed by atoms with E-state index in [1.54, 1.807) is 19.3 Å². The molecule has 0 aliphatic rings. The molecule has 0 aliphatic heterocycles. The Balaban J connectivity index is 2.93. The van der Waals surface area contributed by atoms with Gasteiger partial charge in [-0.1, -0.05) is 0 Å². The van der Waals surface area contributed by atoms with Crippen LogP contribution in [0.1, 0.15) is 5.56 Å². The standard InChI is InChI=1S/C8H7FN2/c1-5-6(9)2-3-7-8(5)11-4-10-7/h2-4H,1H3,(H,10,11). The number of nitrogens with zero attached hydrogens (tertiary/aromatic N) is 1. The van der Waals surface area contributed by atoms with Crippen molar-refractivity contribution >= 4 is 11.0 Å². The fourth-order valence-corrected chi connectivity index (χ4v) is 1.12. The molecule has 0 amide bonds. The Morgan fingerprint density at radius 1 is 1.45 bits per heavy atom. The highest BCUT2D eigenvalue weighted by atomic mass is 19.1. The van der Waals surface area contributed by atoms with E-state index in [4.69, 9.17) is 0 Å². The predicted molar refractivity (Wildman–Crippen MR) is 40.8 cm³/mol. The third-order valence-electron chi connectivity index (χ3n) is 1.78. The average molecular weight is 150 g/mol. The molecule has 0 saturated heterocycles. The van der Waals surface area contributed by atoms with Crippen molar-refractivity contribution in [2.24, 2.45) is 0 Å². The molecule has 1 aromatic carbocycles. The van der Waals surface area contributed by atoms with Crippen LogP contribution in [0, 0.1) is 12.7 Å². The van der Waals surface area contributed by atoms with E-state index in [0.29, 0.717) is 11.1 Å². The van der Waals surface area contributed by atoms with E-state index in [2.05, 4.69) is 9.97 Å². The van der Waals surface area contributed by atoms with Gasteiger partial charge in [0.25, 0.3) is 0 Å². The lowest BCUT2D eigenvalue weighted by atomic mass is 10.2. The van der Waals surface area contributed by atoms with Gasteiger partial charge in [0.1, 0.15) is 5.82 Å². The van der Waals surface area contributed by atoms with Crippen LogP contribution in [-0.4, -0.2) is 9.97 Å². The Kier molecular flexibility index (Phi) is 1.18. The number of H-pyrrole nitrogens is 1. The van der Waals surface area contributed by atoms with Gasteiger partial charge in [0.15, 0.2) is 0 Å². The lowest BCUT2D eigenvalue weighted by Crippen LogP contribution is -1.82. The molecule has 1 N–H and O–H groups in total. The van der Waals surface area contributed by atoms with Crippen LogP contribution >= 0.6 is 0 Å². The summed E-state index contributed by atoms with van der Waals surface area (Å²) in [4.78, 5) is 6.89. The Bertz CT molecular complexity index is 392. The van der Waals surface area contributed by atoms with Gasteiger partial charge in [-0.3, -0.25) is 0 Å². The van der Waals surface area contributed by atoms with Crippen molar-refractivity contribution in [1.29, 1.82) is 0 Å². The first-order chi connectivity index (χ1) is 5.29. The number of benzene rings is 1. The quantitative estimate of drug-likeness (QED) is 0.611. The molecule has 3 heteroatoms. The molecule has 0 unspecified atom stereocenters. The molecule has 0 saturated carbocycles. The monoisotopic (exact) mass is 150 g/mol. The summed E-state index contributed by atoms with van der Waals surface area (Å²) >= 11 is 0. The van der Waals surface area contributed by atoms with Crippen LogP contribution in [-0.2, 0) is 0 Å². The smallest absolute Gasteiger partial charge is 0.128 e. The Morgan fingerprint density at radius 2 is 2.27 bits per heavy atom. The molecule has 0 spiro atoms. The van der Waals surface area contributed by atoms with Gasteiger partial charge < -0.3 is 4.98 Å². The van der Waals surface area contributed by atoms with Crippen molar-refractivity contribution in [3.8, 4) is 0 Å². The van der Waals surface area contributed by atoms with Crippen molar-refractivity contribution in [3.63, 3.8) is 0 Å². The Hall–Kier alpha value is -1.38. The second-order valence-electron chi connectivity index (χ2n) is 2.47. The van der Waals surface area contributed by atoms with Crippen LogP contribution in [0.2, 0.25) is 0 Å². The molecular weight excluding hydrogens is 143 g/mol. The van der Waals surface area contributed by atoms with Crippen molar-refractivity contribution in [2.45, 2.75) is 6.92 Å². The third-order valence-corrected chi connectivity index (χ3v) is 1.78. The van der Waals surface area contributed by atoms with Crippen molar-refractivity contribution < 1.29 is 4.39 Å². The number of aromatic nitrogens is 2. The number of rotatable bonds is 0. The predicted octanol–water partition coefficient (Wildman–Crippen LogP) is 2.01. The lowest BCUT2D eigenvalue weighted by molar-refractivity contribution is 0.620. The van der Waals surface area contributed by atoms with E-state index in [9.17, 15) is 4.39 Å². The van der Waals surface area contributed by atoms with E-state index in [0.717, 1.165) is 5.52 Å². The molecular formula is C8H7FN2. The number of fused-ring (bicyclic) bond motifs is 1. The number of hydrogen-bond acceptors (Lipinski definition) is 1. The maximum absolute atomic E-state index is 12.9. The summed E-state index contributed by atoms with van der Waals surface area (Å²) in [6.07, 6.45) is 1.57. The van der Waals surface area contributed by atoms with Gasteiger partial charge in [0, 0.05) is 5.56 Å². The van der Waals surface area contributed by atoms with Crippen molar-refractivity contribution in [1.82, 2.24) is 9.97 Å². The van der Waals surface area contributed by atoms with Crippen LogP contribution < -0.4 is 0 Å². The number of halogens is 1. The molecule has 0 bridgehead atoms.